The number of hydrogen-bond donors (Lipinski definition) is 3. The largest absolute Gasteiger partial charge is 0.480 e. The summed E-state index contributed by atoms with van der Waals surface area (Å²) in [4.78, 5) is 45.5. The van der Waals surface area contributed by atoms with Crippen molar-refractivity contribution in [1.82, 2.24) is 10.3 Å². The van der Waals surface area contributed by atoms with Crippen LogP contribution in [0.3, 0.4) is 0 Å². The zero-order valence-electron chi connectivity index (χ0n) is 24.9. The van der Waals surface area contributed by atoms with E-state index < -0.39 is 17.9 Å². The first-order valence-corrected chi connectivity index (χ1v) is 15.6. The van der Waals surface area contributed by atoms with E-state index in [0.29, 0.717) is 23.5 Å². The second-order valence-electron chi connectivity index (χ2n) is 13.7. The van der Waals surface area contributed by atoms with E-state index in [1.807, 2.05) is 24.3 Å². The standard InChI is InChI=1S/C34H43N3O5/c1-20(38)26-10-11-27-25-9-8-22-17-23(12-14-33(22,2)28(25)13-15-34(26,27)3)37-42-19-31(39)36-30(32(40)41)16-21-18-35-29-7-5-4-6-24(21)29/h4-7,17-18,25-28,30,35H,8-16,19H2,1-3H3,(H,36,39)(H,40,41)/b37-23-/t25-,26-,27+,28+,30-,33-,34+/m0/s1. The average Bonchev–Trinajstić information content (AvgIpc) is 3.53. The summed E-state index contributed by atoms with van der Waals surface area (Å²) in [5.74, 6) is 0.967. The van der Waals surface area contributed by atoms with Crippen molar-refractivity contribution in [3.05, 3.63) is 47.7 Å². The molecule has 3 saturated carbocycles. The lowest BCUT2D eigenvalue weighted by molar-refractivity contribution is -0.142. The van der Waals surface area contributed by atoms with E-state index in [1.165, 1.54) is 24.8 Å². The number of Topliss-reactive ketones (excluding diaryl/α,β-unsaturated/α-hetero) is 1. The Morgan fingerprint density at radius 1 is 1.10 bits per heavy atom. The minimum absolute atomic E-state index is 0.145. The molecule has 224 valence electrons. The quantitative estimate of drug-likeness (QED) is 0.344. The summed E-state index contributed by atoms with van der Waals surface area (Å²) in [5, 5.41) is 17.6. The van der Waals surface area contributed by atoms with Gasteiger partial charge in [-0.3, -0.25) is 9.59 Å². The number of nitrogens with zero attached hydrogens (tertiary/aromatic N) is 1. The minimum Gasteiger partial charge on any atom is -0.480 e. The smallest absolute Gasteiger partial charge is 0.326 e. The predicted molar refractivity (Wildman–Crippen MR) is 161 cm³/mol. The normalized spacial score (nSPS) is 33.7. The molecule has 4 aliphatic carbocycles. The molecule has 42 heavy (non-hydrogen) atoms. The Hall–Kier alpha value is -3.42. The minimum atomic E-state index is -1.09. The summed E-state index contributed by atoms with van der Waals surface area (Å²) in [6, 6.07) is 6.61. The Bertz CT molecular complexity index is 1460. The number of H-pyrrole nitrogens is 1. The molecule has 1 amide bonds. The van der Waals surface area contributed by atoms with E-state index in [-0.39, 0.29) is 29.8 Å². The third-order valence-corrected chi connectivity index (χ3v) is 11.6. The Labute approximate surface area is 247 Å². The fourth-order valence-electron chi connectivity index (χ4n) is 9.44. The number of aromatic amines is 1. The summed E-state index contributed by atoms with van der Waals surface area (Å²) in [6.45, 7) is 6.28. The van der Waals surface area contributed by atoms with Crippen LogP contribution in [0.2, 0.25) is 0 Å². The molecule has 0 bridgehead atoms. The van der Waals surface area contributed by atoms with Gasteiger partial charge in [0.1, 0.15) is 11.8 Å². The molecule has 1 aromatic heterocycles. The molecular weight excluding hydrogens is 530 g/mol. The van der Waals surface area contributed by atoms with Crippen LogP contribution in [0.25, 0.3) is 10.9 Å². The number of oxime groups is 1. The van der Waals surface area contributed by atoms with Crippen molar-refractivity contribution in [2.45, 2.75) is 84.6 Å². The maximum absolute atomic E-state index is 12.6. The molecule has 3 N–H and O–H groups in total. The molecule has 0 radical (unpaired) electrons. The first-order chi connectivity index (χ1) is 20.1. The maximum Gasteiger partial charge on any atom is 0.326 e. The lowest BCUT2D eigenvalue weighted by atomic mass is 9.46. The highest BCUT2D eigenvalue weighted by Crippen LogP contribution is 2.66. The van der Waals surface area contributed by atoms with Gasteiger partial charge in [-0.15, -0.1) is 0 Å². The number of hydrogen-bond acceptors (Lipinski definition) is 5. The zero-order chi connectivity index (χ0) is 29.6. The molecule has 0 saturated heterocycles. The number of ketones is 1. The van der Waals surface area contributed by atoms with E-state index in [0.717, 1.165) is 54.3 Å². The third kappa shape index (κ3) is 4.96. The number of carboxylic acids is 1. The molecule has 8 nitrogen and oxygen atoms in total. The number of amides is 1. The van der Waals surface area contributed by atoms with Crippen molar-refractivity contribution in [1.29, 1.82) is 0 Å². The Morgan fingerprint density at radius 3 is 2.69 bits per heavy atom. The van der Waals surface area contributed by atoms with Gasteiger partial charge in [-0.1, -0.05) is 42.8 Å². The number of aliphatic carboxylic acids is 1. The summed E-state index contributed by atoms with van der Waals surface area (Å²) < 4.78 is 0. The second kappa shape index (κ2) is 11.0. The van der Waals surface area contributed by atoms with E-state index in [1.54, 1.807) is 13.1 Å². The Balaban J connectivity index is 1.06. The van der Waals surface area contributed by atoms with Crippen LogP contribution in [0.1, 0.15) is 77.7 Å². The molecule has 0 spiro atoms. The number of rotatable bonds is 8. The molecule has 1 heterocycles. The summed E-state index contributed by atoms with van der Waals surface area (Å²) in [6.07, 6.45) is 12.7. The maximum atomic E-state index is 12.6. The fraction of sp³-hybridized carbons (Fsp3) is 0.588. The van der Waals surface area contributed by atoms with Gasteiger partial charge in [-0.25, -0.2) is 4.79 Å². The van der Waals surface area contributed by atoms with Gasteiger partial charge in [0.2, 0.25) is 0 Å². The molecule has 8 heteroatoms. The number of nitrogens with one attached hydrogen (secondary N) is 2. The van der Waals surface area contributed by atoms with Crippen molar-refractivity contribution < 1.29 is 24.3 Å². The Kier molecular flexibility index (Phi) is 7.52. The highest BCUT2D eigenvalue weighted by Gasteiger charge is 2.59. The number of fused-ring (bicyclic) bond motifs is 6. The highest BCUT2D eigenvalue weighted by atomic mass is 16.6. The SMILES string of the molecule is CC(=O)[C@@H]1CC[C@@H]2[C@@H]3CCC4=C/C(=N\OCC(=O)N[C@@H](Cc5c[nH]c6ccccc56)C(=O)O)CC[C@]4(C)[C@@H]3CC[C@@]21C. The molecule has 0 aliphatic heterocycles. The van der Waals surface area contributed by atoms with E-state index >= 15 is 0 Å². The van der Waals surface area contributed by atoms with Crippen LogP contribution in [0.4, 0.5) is 0 Å². The predicted octanol–water partition coefficient (Wildman–Crippen LogP) is 5.82. The van der Waals surface area contributed by atoms with Gasteiger partial charge in [0, 0.05) is 29.4 Å². The van der Waals surface area contributed by atoms with Crippen molar-refractivity contribution >= 4 is 34.3 Å². The number of allylic oxidation sites excluding steroid dienone is 2. The lowest BCUT2D eigenvalue weighted by Gasteiger charge is -2.58. The van der Waals surface area contributed by atoms with Gasteiger partial charge in [0.15, 0.2) is 6.61 Å². The van der Waals surface area contributed by atoms with Crippen molar-refractivity contribution in [3.8, 4) is 0 Å². The summed E-state index contributed by atoms with van der Waals surface area (Å²) in [5.41, 5.74) is 4.36. The van der Waals surface area contributed by atoms with Crippen LogP contribution in [0, 0.1) is 34.5 Å². The van der Waals surface area contributed by atoms with Crippen molar-refractivity contribution in [3.63, 3.8) is 0 Å². The second-order valence-corrected chi connectivity index (χ2v) is 13.7. The van der Waals surface area contributed by atoms with Gasteiger partial charge in [-0.2, -0.15) is 0 Å². The monoisotopic (exact) mass is 573 g/mol. The first kappa shape index (κ1) is 28.7. The van der Waals surface area contributed by atoms with Gasteiger partial charge >= 0.3 is 5.97 Å². The molecule has 3 fully saturated rings. The summed E-state index contributed by atoms with van der Waals surface area (Å²) >= 11 is 0. The lowest BCUT2D eigenvalue weighted by Crippen LogP contribution is -2.51. The van der Waals surface area contributed by atoms with Crippen LogP contribution in [0.15, 0.2) is 47.3 Å². The van der Waals surface area contributed by atoms with Gasteiger partial charge in [0.05, 0.1) is 5.71 Å². The van der Waals surface area contributed by atoms with Crippen LogP contribution in [0.5, 0.6) is 0 Å². The van der Waals surface area contributed by atoms with E-state index in [4.69, 9.17) is 4.84 Å². The molecule has 7 atom stereocenters. The molecule has 1 aromatic carbocycles. The van der Waals surface area contributed by atoms with Crippen LogP contribution in [-0.2, 0) is 25.6 Å². The molecule has 4 aliphatic rings. The summed E-state index contributed by atoms with van der Waals surface area (Å²) in [7, 11) is 0. The Morgan fingerprint density at radius 2 is 1.90 bits per heavy atom. The molecule has 6 rings (SSSR count). The van der Waals surface area contributed by atoms with Gasteiger partial charge in [0.25, 0.3) is 5.91 Å². The van der Waals surface area contributed by atoms with Crippen LogP contribution < -0.4 is 5.32 Å². The number of carbonyl (C=O) groups excluding carboxylic acids is 2. The van der Waals surface area contributed by atoms with E-state index in [9.17, 15) is 19.5 Å². The highest BCUT2D eigenvalue weighted by molar-refractivity contribution is 5.96. The van der Waals surface area contributed by atoms with Crippen LogP contribution >= 0.6 is 0 Å². The first-order valence-electron chi connectivity index (χ1n) is 15.6. The third-order valence-electron chi connectivity index (χ3n) is 11.6. The molecule has 0 unspecified atom stereocenters. The average molecular weight is 574 g/mol. The van der Waals surface area contributed by atoms with Crippen LogP contribution in [-0.4, -0.2) is 46.1 Å². The van der Waals surface area contributed by atoms with E-state index in [2.05, 4.69) is 35.4 Å². The number of aromatic nitrogens is 1. The number of carbonyl (C=O) groups is 3. The van der Waals surface area contributed by atoms with Gasteiger partial charge < -0.3 is 20.2 Å². The zero-order valence-corrected chi connectivity index (χ0v) is 24.9. The molecule has 2 aromatic rings. The topological polar surface area (TPSA) is 121 Å². The van der Waals surface area contributed by atoms with Gasteiger partial charge in [-0.05, 0) is 105 Å². The number of benzene rings is 1. The fourth-order valence-corrected chi connectivity index (χ4v) is 9.44. The van der Waals surface area contributed by atoms with Crippen molar-refractivity contribution in [2.75, 3.05) is 6.61 Å². The number of para-hydroxylation sites is 1. The molecular formula is C34H43N3O5. The number of carboxylic acid groups (broad SMARTS) is 1. The van der Waals surface area contributed by atoms with Crippen molar-refractivity contribution in [2.24, 2.45) is 39.7 Å².